The van der Waals surface area contributed by atoms with E-state index in [1.165, 1.54) is 238 Å². The molecule has 2 atom stereocenters. The zero-order valence-corrected chi connectivity index (χ0v) is 45.9. The van der Waals surface area contributed by atoms with Gasteiger partial charge in [-0.1, -0.05) is 257 Å². The van der Waals surface area contributed by atoms with Crippen LogP contribution in [0.25, 0.3) is 0 Å². The van der Waals surface area contributed by atoms with Gasteiger partial charge in [-0.15, -0.1) is 0 Å². The minimum absolute atomic E-state index is 0.0921. The first-order valence-corrected chi connectivity index (χ1v) is 30.4. The lowest BCUT2D eigenvalue weighted by Gasteiger charge is -2.24. The van der Waals surface area contributed by atoms with Gasteiger partial charge in [0.05, 0.1) is 34.4 Å². The number of hydrogen-bond acceptors (Lipinski definition) is 6. The molecule has 0 aliphatic carbocycles. The summed E-state index contributed by atoms with van der Waals surface area (Å²) in [6.07, 6.45) is 59.9. The highest BCUT2D eigenvalue weighted by molar-refractivity contribution is 7.47. The van der Waals surface area contributed by atoms with Crippen LogP contribution in [0.15, 0.2) is 12.2 Å². The van der Waals surface area contributed by atoms with Gasteiger partial charge < -0.3 is 18.9 Å². The quantitative estimate of drug-likeness (QED) is 0.0213. The fraction of sp³-hybridized carbons (Fsp3) is 0.947. The monoisotopic (exact) mass is 957 g/mol. The molecule has 0 aromatic heterocycles. The lowest BCUT2D eigenvalue weighted by atomic mass is 10.0. The smallest absolute Gasteiger partial charge is 0.457 e. The largest absolute Gasteiger partial charge is 0.472 e. The minimum Gasteiger partial charge on any atom is -0.457 e. The first-order chi connectivity index (χ1) is 32.1. The van der Waals surface area contributed by atoms with E-state index in [-0.39, 0.29) is 25.8 Å². The summed E-state index contributed by atoms with van der Waals surface area (Å²) in [4.78, 5) is 23.1. The molecule has 0 bridgehead atoms. The van der Waals surface area contributed by atoms with Crippen molar-refractivity contribution in [3.8, 4) is 0 Å². The molecule has 0 aliphatic rings. The second kappa shape index (κ2) is 50.6. The number of carbonyl (C=O) groups excluding carboxylic acids is 1. The molecule has 394 valence electrons. The Kier molecular flexibility index (Phi) is 50.0. The third-order valence-electron chi connectivity index (χ3n) is 13.1. The number of carbonyl (C=O) groups is 1. The number of esters is 1. The molecule has 66 heavy (non-hydrogen) atoms. The Morgan fingerprint density at radius 3 is 1.15 bits per heavy atom. The number of quaternary nitrogens is 1. The zero-order chi connectivity index (χ0) is 48.3. The predicted octanol–water partition coefficient (Wildman–Crippen LogP) is 18.1. The number of hydrogen-bond donors (Lipinski definition) is 1. The summed E-state index contributed by atoms with van der Waals surface area (Å²) in [6, 6.07) is 0. The van der Waals surface area contributed by atoms with E-state index >= 15 is 0 Å². The van der Waals surface area contributed by atoms with Gasteiger partial charge in [0, 0.05) is 13.0 Å². The number of rotatable bonds is 55. The molecule has 0 radical (unpaired) electrons. The van der Waals surface area contributed by atoms with Crippen LogP contribution in [0.1, 0.15) is 290 Å². The lowest BCUT2D eigenvalue weighted by Crippen LogP contribution is -2.37. The summed E-state index contributed by atoms with van der Waals surface area (Å²) in [5.74, 6) is -0.308. The molecule has 0 aromatic rings. The fourth-order valence-corrected chi connectivity index (χ4v) is 9.35. The topological polar surface area (TPSA) is 91.3 Å². The molecule has 2 unspecified atom stereocenters. The Hall–Kier alpha value is -0.760. The molecule has 9 heteroatoms. The molecule has 0 amide bonds. The first kappa shape index (κ1) is 65.2. The molecule has 0 aliphatic heterocycles. The van der Waals surface area contributed by atoms with Crippen molar-refractivity contribution in [3.05, 3.63) is 12.2 Å². The first-order valence-electron chi connectivity index (χ1n) is 28.9. The van der Waals surface area contributed by atoms with E-state index in [0.29, 0.717) is 24.1 Å². The Labute approximate surface area is 411 Å². The molecule has 0 fully saturated rings. The normalized spacial score (nSPS) is 13.5. The average molecular weight is 958 g/mol. The highest BCUT2D eigenvalue weighted by atomic mass is 31.2. The molecule has 0 saturated carbocycles. The van der Waals surface area contributed by atoms with Crippen molar-refractivity contribution in [2.45, 2.75) is 296 Å². The van der Waals surface area contributed by atoms with E-state index in [2.05, 4.69) is 26.0 Å². The number of nitrogens with zero attached hydrogens (tertiary/aromatic N) is 1. The van der Waals surface area contributed by atoms with Crippen LogP contribution in [0.2, 0.25) is 0 Å². The molecular weight excluding hydrogens is 842 g/mol. The van der Waals surface area contributed by atoms with Gasteiger partial charge in [-0.3, -0.25) is 13.8 Å². The summed E-state index contributed by atoms with van der Waals surface area (Å²) in [7, 11) is 1.69. The molecule has 0 rings (SSSR count). The van der Waals surface area contributed by atoms with Crippen LogP contribution in [0, 0.1) is 0 Å². The SMILES string of the molecule is CCCCCCCC/C=C\CCCCCCCCCCCC(=O)OC(COCCCCCCCCCCCCCCCCCCCCCCCCCCC)COP(=O)(O)OCC[N+](C)(C)C. The van der Waals surface area contributed by atoms with Crippen LogP contribution < -0.4 is 0 Å². The van der Waals surface area contributed by atoms with Gasteiger partial charge >= 0.3 is 13.8 Å². The number of unbranched alkanes of at least 4 members (excludes halogenated alkanes) is 39. The Balaban J connectivity index is 4.01. The number of likely N-dealkylation sites (N-methyl/N-ethyl adjacent to an activating group) is 1. The lowest BCUT2D eigenvalue weighted by molar-refractivity contribution is -0.870. The van der Waals surface area contributed by atoms with Crippen molar-refractivity contribution in [3.63, 3.8) is 0 Å². The summed E-state index contributed by atoms with van der Waals surface area (Å²) < 4.78 is 35.3. The molecule has 8 nitrogen and oxygen atoms in total. The van der Waals surface area contributed by atoms with E-state index < -0.39 is 13.9 Å². The van der Waals surface area contributed by atoms with Gasteiger partial charge in [0.2, 0.25) is 0 Å². The van der Waals surface area contributed by atoms with E-state index in [1.54, 1.807) is 0 Å². The molecule has 0 aromatic carbocycles. The van der Waals surface area contributed by atoms with Crippen LogP contribution in [-0.2, 0) is 27.9 Å². The van der Waals surface area contributed by atoms with Crippen molar-refractivity contribution in [2.75, 3.05) is 54.1 Å². The zero-order valence-electron chi connectivity index (χ0n) is 45.0. The Morgan fingerprint density at radius 1 is 0.455 bits per heavy atom. The maximum Gasteiger partial charge on any atom is 0.472 e. The van der Waals surface area contributed by atoms with Crippen molar-refractivity contribution >= 4 is 13.8 Å². The highest BCUT2D eigenvalue weighted by Crippen LogP contribution is 2.43. The molecule has 0 heterocycles. The van der Waals surface area contributed by atoms with Crippen molar-refractivity contribution in [2.24, 2.45) is 0 Å². The van der Waals surface area contributed by atoms with Gasteiger partial charge in [0.1, 0.15) is 19.3 Å². The molecule has 1 N–H and O–H groups in total. The standard InChI is InChI=1S/C57H114NO7P/c1-6-8-10-12-14-16-18-20-22-24-26-27-28-29-30-31-33-35-37-39-41-43-45-47-49-52-62-54-56(55-64-66(60,61)63-53-51-58(3,4)5)65-57(59)50-48-46-44-42-40-38-36-34-32-25-23-21-19-17-15-13-11-9-7-2/h21,23,56H,6-20,22,24-55H2,1-5H3/p+1/b23-21-. The number of phosphoric acid groups is 1. The van der Waals surface area contributed by atoms with Crippen molar-refractivity contribution in [1.29, 1.82) is 0 Å². The third kappa shape index (κ3) is 54.2. The second-order valence-electron chi connectivity index (χ2n) is 21.0. The maximum atomic E-state index is 12.8. The van der Waals surface area contributed by atoms with Crippen LogP contribution in [0.3, 0.4) is 0 Å². The van der Waals surface area contributed by atoms with Gasteiger partial charge in [-0.05, 0) is 38.5 Å². The van der Waals surface area contributed by atoms with Crippen LogP contribution in [-0.4, -0.2) is 75.6 Å². The van der Waals surface area contributed by atoms with Crippen LogP contribution >= 0.6 is 7.82 Å². The summed E-state index contributed by atoms with van der Waals surface area (Å²) in [5, 5.41) is 0. The van der Waals surface area contributed by atoms with Gasteiger partial charge in [0.15, 0.2) is 0 Å². The van der Waals surface area contributed by atoms with Gasteiger partial charge in [-0.25, -0.2) is 4.57 Å². The van der Waals surface area contributed by atoms with Crippen LogP contribution in [0.4, 0.5) is 0 Å². The second-order valence-corrected chi connectivity index (χ2v) is 22.5. The minimum atomic E-state index is -4.28. The van der Waals surface area contributed by atoms with Crippen molar-refractivity contribution in [1.82, 2.24) is 0 Å². The van der Waals surface area contributed by atoms with E-state index in [0.717, 1.165) is 32.1 Å². The Bertz CT molecular complexity index is 1070. The Morgan fingerprint density at radius 2 is 0.788 bits per heavy atom. The number of allylic oxidation sites excluding steroid dienone is 2. The summed E-state index contributed by atoms with van der Waals surface area (Å²) in [5.41, 5.74) is 0. The van der Waals surface area contributed by atoms with E-state index in [1.807, 2.05) is 21.1 Å². The molecule has 0 spiro atoms. The summed E-state index contributed by atoms with van der Waals surface area (Å²) in [6.45, 7) is 5.69. The third-order valence-corrected chi connectivity index (χ3v) is 14.1. The van der Waals surface area contributed by atoms with Gasteiger partial charge in [0.25, 0.3) is 0 Å². The number of ether oxygens (including phenoxy) is 2. The highest BCUT2D eigenvalue weighted by Gasteiger charge is 2.26. The number of phosphoric ester groups is 1. The fourth-order valence-electron chi connectivity index (χ4n) is 8.61. The van der Waals surface area contributed by atoms with Crippen molar-refractivity contribution < 1.29 is 37.3 Å². The van der Waals surface area contributed by atoms with Gasteiger partial charge in [-0.2, -0.15) is 0 Å². The van der Waals surface area contributed by atoms with Crippen LogP contribution in [0.5, 0.6) is 0 Å². The summed E-state index contributed by atoms with van der Waals surface area (Å²) >= 11 is 0. The van der Waals surface area contributed by atoms with E-state index in [9.17, 15) is 14.3 Å². The van der Waals surface area contributed by atoms with E-state index in [4.69, 9.17) is 18.5 Å². The average Bonchev–Trinajstić information content (AvgIpc) is 3.28. The predicted molar refractivity (Wildman–Crippen MR) is 284 cm³/mol. The molecular formula is C57H115NO7P+. The molecule has 0 saturated heterocycles. The maximum absolute atomic E-state index is 12.8.